The SMILES string of the molecule is COCc1c(Br)cccc1NC(=O)CN1CCC(N)CC1. The molecule has 0 unspecified atom stereocenters. The minimum absolute atomic E-state index is 0.000856. The Morgan fingerprint density at radius 3 is 2.86 bits per heavy atom. The lowest BCUT2D eigenvalue weighted by atomic mass is 10.1. The number of benzene rings is 1. The van der Waals surface area contributed by atoms with Crippen molar-refractivity contribution in [3.05, 3.63) is 28.2 Å². The van der Waals surface area contributed by atoms with Crippen molar-refractivity contribution in [3.8, 4) is 0 Å². The number of nitrogens with one attached hydrogen (secondary N) is 1. The molecule has 1 aliphatic heterocycles. The van der Waals surface area contributed by atoms with Crippen molar-refractivity contribution in [1.29, 1.82) is 0 Å². The molecular weight excluding hydrogens is 334 g/mol. The van der Waals surface area contributed by atoms with E-state index >= 15 is 0 Å². The molecule has 0 spiro atoms. The van der Waals surface area contributed by atoms with Gasteiger partial charge >= 0.3 is 0 Å². The average molecular weight is 356 g/mol. The summed E-state index contributed by atoms with van der Waals surface area (Å²) in [6, 6.07) is 6.01. The molecule has 3 N–H and O–H groups in total. The van der Waals surface area contributed by atoms with Crippen molar-refractivity contribution in [1.82, 2.24) is 4.90 Å². The summed E-state index contributed by atoms with van der Waals surface area (Å²) in [5.74, 6) is 0.000856. The van der Waals surface area contributed by atoms with Crippen molar-refractivity contribution in [2.75, 3.05) is 32.1 Å². The normalized spacial score (nSPS) is 16.9. The Hall–Kier alpha value is -0.950. The highest BCUT2D eigenvalue weighted by Gasteiger charge is 2.18. The molecule has 21 heavy (non-hydrogen) atoms. The molecule has 0 aromatic heterocycles. The van der Waals surface area contributed by atoms with Crippen molar-refractivity contribution in [3.63, 3.8) is 0 Å². The number of amides is 1. The van der Waals surface area contributed by atoms with Crippen LogP contribution in [0.1, 0.15) is 18.4 Å². The highest BCUT2D eigenvalue weighted by Crippen LogP contribution is 2.25. The summed E-state index contributed by atoms with van der Waals surface area (Å²) in [6.45, 7) is 2.64. The van der Waals surface area contributed by atoms with Gasteiger partial charge in [-0.3, -0.25) is 9.69 Å². The van der Waals surface area contributed by atoms with E-state index in [1.807, 2.05) is 18.2 Å². The number of rotatable bonds is 5. The number of anilines is 1. The van der Waals surface area contributed by atoms with Crippen LogP contribution < -0.4 is 11.1 Å². The molecule has 0 atom stereocenters. The van der Waals surface area contributed by atoms with Crippen LogP contribution in [-0.2, 0) is 16.1 Å². The molecule has 0 radical (unpaired) electrons. The summed E-state index contributed by atoms with van der Waals surface area (Å²) in [5, 5.41) is 2.97. The predicted octanol–water partition coefficient (Wildman–Crippen LogP) is 1.96. The van der Waals surface area contributed by atoms with Crippen LogP contribution in [0.4, 0.5) is 5.69 Å². The molecular formula is C15H22BrN3O2. The Labute approximate surface area is 134 Å². The fourth-order valence-electron chi connectivity index (χ4n) is 2.47. The summed E-state index contributed by atoms with van der Waals surface area (Å²) in [7, 11) is 1.64. The number of hydrogen-bond donors (Lipinski definition) is 2. The standard InChI is InChI=1S/C15H22BrN3O2/c1-21-10-12-13(16)3-2-4-14(12)18-15(20)9-19-7-5-11(17)6-8-19/h2-4,11H,5-10,17H2,1H3,(H,18,20). The number of nitrogens with two attached hydrogens (primary N) is 1. The lowest BCUT2D eigenvalue weighted by Gasteiger charge is -2.29. The number of ether oxygens (including phenoxy) is 1. The maximum atomic E-state index is 12.2. The Bertz CT molecular complexity index is 488. The Balaban J connectivity index is 1.95. The van der Waals surface area contributed by atoms with E-state index in [2.05, 4.69) is 26.1 Å². The Morgan fingerprint density at radius 1 is 1.48 bits per heavy atom. The van der Waals surface area contributed by atoms with Gasteiger partial charge in [0, 0.05) is 42.0 Å². The van der Waals surface area contributed by atoms with E-state index < -0.39 is 0 Å². The zero-order valence-corrected chi connectivity index (χ0v) is 13.9. The van der Waals surface area contributed by atoms with Gasteiger partial charge in [0.2, 0.25) is 5.91 Å². The van der Waals surface area contributed by atoms with Gasteiger partial charge in [-0.05, 0) is 25.0 Å². The van der Waals surface area contributed by atoms with Gasteiger partial charge in [-0.15, -0.1) is 0 Å². The van der Waals surface area contributed by atoms with Gasteiger partial charge in [-0.25, -0.2) is 0 Å². The van der Waals surface area contributed by atoms with Crippen LogP contribution in [0.5, 0.6) is 0 Å². The highest BCUT2D eigenvalue weighted by atomic mass is 79.9. The van der Waals surface area contributed by atoms with Gasteiger partial charge in [0.15, 0.2) is 0 Å². The highest BCUT2D eigenvalue weighted by molar-refractivity contribution is 9.10. The quantitative estimate of drug-likeness (QED) is 0.846. The molecule has 1 amide bonds. The fourth-order valence-corrected chi connectivity index (χ4v) is 2.95. The molecule has 1 aromatic rings. The van der Waals surface area contributed by atoms with Crippen LogP contribution in [0, 0.1) is 0 Å². The zero-order valence-electron chi connectivity index (χ0n) is 12.3. The third kappa shape index (κ3) is 4.78. The number of carbonyl (C=O) groups is 1. The van der Waals surface area contributed by atoms with E-state index in [4.69, 9.17) is 10.5 Å². The molecule has 1 aliphatic rings. The number of hydrogen-bond acceptors (Lipinski definition) is 4. The van der Waals surface area contributed by atoms with Crippen LogP contribution in [0.3, 0.4) is 0 Å². The summed E-state index contributed by atoms with van der Waals surface area (Å²) in [6.07, 6.45) is 1.91. The summed E-state index contributed by atoms with van der Waals surface area (Å²) in [5.41, 5.74) is 7.62. The number of nitrogens with zero attached hydrogens (tertiary/aromatic N) is 1. The van der Waals surface area contributed by atoms with Gasteiger partial charge in [0.1, 0.15) is 0 Å². The van der Waals surface area contributed by atoms with Crippen molar-refractivity contribution in [2.24, 2.45) is 5.73 Å². The minimum Gasteiger partial charge on any atom is -0.380 e. The molecule has 1 heterocycles. The second-order valence-corrected chi connectivity index (χ2v) is 6.22. The largest absolute Gasteiger partial charge is 0.380 e. The average Bonchev–Trinajstić information content (AvgIpc) is 2.45. The summed E-state index contributed by atoms with van der Waals surface area (Å²) < 4.78 is 6.12. The van der Waals surface area contributed by atoms with Crippen LogP contribution in [0.2, 0.25) is 0 Å². The third-order valence-corrected chi connectivity index (χ3v) is 4.42. The molecule has 0 bridgehead atoms. The summed E-state index contributed by atoms with van der Waals surface area (Å²) >= 11 is 3.49. The molecule has 2 rings (SSSR count). The van der Waals surface area contributed by atoms with Gasteiger partial charge < -0.3 is 15.8 Å². The van der Waals surface area contributed by atoms with E-state index in [0.29, 0.717) is 13.2 Å². The molecule has 1 saturated heterocycles. The minimum atomic E-state index is 0.000856. The van der Waals surface area contributed by atoms with Crippen LogP contribution in [-0.4, -0.2) is 43.6 Å². The molecule has 1 fully saturated rings. The van der Waals surface area contributed by atoms with Crippen LogP contribution in [0.25, 0.3) is 0 Å². The Kier molecular flexibility index (Phi) is 6.17. The maximum Gasteiger partial charge on any atom is 0.238 e. The maximum absolute atomic E-state index is 12.2. The van der Waals surface area contributed by atoms with Crippen LogP contribution in [0.15, 0.2) is 22.7 Å². The molecule has 116 valence electrons. The molecule has 5 nitrogen and oxygen atoms in total. The molecule has 6 heteroatoms. The van der Waals surface area contributed by atoms with Crippen molar-refractivity contribution in [2.45, 2.75) is 25.5 Å². The number of methoxy groups -OCH3 is 1. The number of carbonyl (C=O) groups excluding carboxylic acids is 1. The lowest BCUT2D eigenvalue weighted by Crippen LogP contribution is -2.43. The van der Waals surface area contributed by atoms with Crippen molar-refractivity contribution >= 4 is 27.5 Å². The van der Waals surface area contributed by atoms with E-state index in [1.165, 1.54) is 0 Å². The zero-order chi connectivity index (χ0) is 15.2. The topological polar surface area (TPSA) is 67.6 Å². The van der Waals surface area contributed by atoms with Crippen LogP contribution >= 0.6 is 15.9 Å². The molecule has 0 saturated carbocycles. The number of piperidine rings is 1. The molecule has 1 aromatic carbocycles. The number of halogens is 1. The van der Waals surface area contributed by atoms with E-state index in [1.54, 1.807) is 7.11 Å². The van der Waals surface area contributed by atoms with Crippen molar-refractivity contribution < 1.29 is 9.53 Å². The Morgan fingerprint density at radius 2 is 2.19 bits per heavy atom. The number of likely N-dealkylation sites (tertiary alicyclic amines) is 1. The lowest BCUT2D eigenvalue weighted by molar-refractivity contribution is -0.117. The first-order valence-corrected chi connectivity index (χ1v) is 7.93. The first-order valence-electron chi connectivity index (χ1n) is 7.14. The third-order valence-electron chi connectivity index (χ3n) is 3.68. The van der Waals surface area contributed by atoms with E-state index in [0.717, 1.165) is 41.7 Å². The monoisotopic (exact) mass is 355 g/mol. The second-order valence-electron chi connectivity index (χ2n) is 5.36. The summed E-state index contributed by atoms with van der Waals surface area (Å²) in [4.78, 5) is 14.3. The fraction of sp³-hybridized carbons (Fsp3) is 0.533. The van der Waals surface area contributed by atoms with Gasteiger partial charge in [-0.2, -0.15) is 0 Å². The smallest absolute Gasteiger partial charge is 0.238 e. The predicted molar refractivity (Wildman–Crippen MR) is 87.1 cm³/mol. The molecule has 0 aliphatic carbocycles. The van der Waals surface area contributed by atoms with Gasteiger partial charge in [-0.1, -0.05) is 22.0 Å². The first-order chi connectivity index (χ1) is 10.1. The van der Waals surface area contributed by atoms with E-state index in [-0.39, 0.29) is 11.9 Å². The second kappa shape index (κ2) is 7.89. The first kappa shape index (κ1) is 16.4. The van der Waals surface area contributed by atoms with E-state index in [9.17, 15) is 4.79 Å². The van der Waals surface area contributed by atoms with Gasteiger partial charge in [0.25, 0.3) is 0 Å². The van der Waals surface area contributed by atoms with Gasteiger partial charge in [0.05, 0.1) is 13.2 Å².